The molecule has 4 aromatic carbocycles. The fraction of sp³-hybridized carbons (Fsp3) is 0.366. The average Bonchev–Trinajstić information content (AvgIpc) is 3.34. The smallest absolute Gasteiger partial charge is 0.339 e. The summed E-state index contributed by atoms with van der Waals surface area (Å²) in [5, 5.41) is 19.4. The Kier molecular flexibility index (Phi) is 12.4. The van der Waals surface area contributed by atoms with Gasteiger partial charge in [-0.15, -0.1) is 0 Å². The maximum Gasteiger partial charge on any atom is 0.339 e. The minimum Gasteiger partial charge on any atom is -0.479 e. The highest BCUT2D eigenvalue weighted by Crippen LogP contribution is 2.47. The number of hydrogen-bond donors (Lipinski definition) is 2. The molecular weight excluding hydrogens is 775 g/mol. The number of aliphatic hydroxyl groups is 1. The molecule has 0 aromatic heterocycles. The van der Waals surface area contributed by atoms with Gasteiger partial charge in [-0.25, -0.2) is 9.59 Å². The Morgan fingerprint density at radius 3 is 2.08 bits per heavy atom. The van der Waals surface area contributed by atoms with Crippen molar-refractivity contribution in [3.05, 3.63) is 112 Å². The number of aliphatic hydroxyl groups excluding tert-OH is 1. The normalized spacial score (nSPS) is 20.6. The van der Waals surface area contributed by atoms with Crippen molar-refractivity contribution in [2.24, 2.45) is 0 Å². The third-order valence-corrected chi connectivity index (χ3v) is 10.7. The number of carboxylic acids is 1. The van der Waals surface area contributed by atoms with Gasteiger partial charge in [0.15, 0.2) is 29.9 Å². The van der Waals surface area contributed by atoms with E-state index in [9.17, 15) is 19.8 Å². The molecular formula is C41H45IN2O8. The molecule has 2 N–H and O–H groups in total. The Morgan fingerprint density at radius 1 is 0.904 bits per heavy atom. The molecule has 6 atom stereocenters. The largest absolute Gasteiger partial charge is 0.479 e. The number of benzene rings is 4. The first-order chi connectivity index (χ1) is 25.1. The first-order valence-electron chi connectivity index (χ1n) is 17.7. The number of anilines is 2. The van der Waals surface area contributed by atoms with Crippen LogP contribution < -0.4 is 14.4 Å². The summed E-state index contributed by atoms with van der Waals surface area (Å²) < 4.78 is 24.2. The van der Waals surface area contributed by atoms with Crippen LogP contribution in [0.1, 0.15) is 56.8 Å². The molecule has 2 bridgehead atoms. The number of esters is 1. The summed E-state index contributed by atoms with van der Waals surface area (Å²) in [6, 6.07) is 31.5. The van der Waals surface area contributed by atoms with E-state index in [0.717, 1.165) is 50.6 Å². The van der Waals surface area contributed by atoms with Crippen molar-refractivity contribution in [2.45, 2.75) is 82.6 Å². The molecule has 3 heterocycles. The Morgan fingerprint density at radius 2 is 1.50 bits per heavy atom. The molecule has 10 nitrogen and oxygen atoms in total. The number of rotatable bonds is 11. The Bertz CT molecular complexity index is 1780. The summed E-state index contributed by atoms with van der Waals surface area (Å²) in [5.41, 5.74) is 3.35. The number of ether oxygens (including phenoxy) is 4. The van der Waals surface area contributed by atoms with Crippen molar-refractivity contribution in [1.82, 2.24) is 4.90 Å². The molecule has 0 amide bonds. The van der Waals surface area contributed by atoms with Gasteiger partial charge in [-0.2, -0.15) is 0 Å². The second-order valence-corrected chi connectivity index (χ2v) is 14.4. The average molecular weight is 821 g/mol. The number of carbonyl (C=O) groups excluding carboxylic acids is 1. The van der Waals surface area contributed by atoms with Crippen LogP contribution in [0.15, 0.2) is 97.1 Å². The lowest BCUT2D eigenvalue weighted by Crippen LogP contribution is -2.43. The molecule has 2 saturated heterocycles. The standard InChI is InChI=1S/C25H24INO5.C16H21NO3/c1-3-30-24(25(28)29)15-17-12-13-21(18(26)14-17)31-16(2)27-19-8-4-6-10-22(19)32-23-11-7-5-9-20(23)27;1-17-12-7-8-13(17)10-14(9-12)20-16(19)15(18)11-5-3-2-4-6-11/h4-14,16,24H,3,15H2,1-2H3,(H,28,29);2-6,12-15,18H,7-10H2,1H3/t;12-,13+,14?,15?. The summed E-state index contributed by atoms with van der Waals surface area (Å²) >= 11 is 2.22. The second-order valence-electron chi connectivity index (χ2n) is 13.3. The van der Waals surface area contributed by atoms with Crippen molar-refractivity contribution in [3.8, 4) is 17.2 Å². The van der Waals surface area contributed by atoms with Gasteiger partial charge in [0.25, 0.3) is 0 Å². The highest BCUT2D eigenvalue weighted by Gasteiger charge is 2.40. The van der Waals surface area contributed by atoms with Gasteiger partial charge in [0.1, 0.15) is 11.9 Å². The number of para-hydroxylation sites is 4. The molecule has 2 fully saturated rings. The van der Waals surface area contributed by atoms with E-state index >= 15 is 0 Å². The predicted octanol–water partition coefficient (Wildman–Crippen LogP) is 7.88. The van der Waals surface area contributed by atoms with Crippen molar-refractivity contribution < 1.29 is 38.7 Å². The van der Waals surface area contributed by atoms with Crippen LogP contribution in [0.5, 0.6) is 17.2 Å². The number of carboxylic acid groups (broad SMARTS) is 1. The number of nitrogens with zero attached hydrogens (tertiary/aromatic N) is 2. The predicted molar refractivity (Wildman–Crippen MR) is 206 cm³/mol. The first kappa shape index (κ1) is 37.6. The molecule has 3 aliphatic rings. The molecule has 4 aromatic rings. The van der Waals surface area contributed by atoms with Gasteiger partial charge in [-0.05, 0) is 117 Å². The maximum atomic E-state index is 12.0. The lowest BCUT2D eigenvalue weighted by molar-refractivity contribution is -0.162. The number of aliphatic carboxylic acids is 1. The third-order valence-electron chi connectivity index (χ3n) is 9.87. The summed E-state index contributed by atoms with van der Waals surface area (Å²) in [5.74, 6) is 0.807. The van der Waals surface area contributed by atoms with E-state index in [1.54, 1.807) is 19.1 Å². The van der Waals surface area contributed by atoms with E-state index in [4.69, 9.17) is 18.9 Å². The molecule has 52 heavy (non-hydrogen) atoms. The first-order valence-corrected chi connectivity index (χ1v) is 18.8. The molecule has 7 rings (SSSR count). The lowest BCUT2D eigenvalue weighted by Gasteiger charge is -2.36. The maximum absolute atomic E-state index is 12.0. The van der Waals surface area contributed by atoms with Gasteiger partial charge in [-0.3, -0.25) is 4.90 Å². The van der Waals surface area contributed by atoms with E-state index in [2.05, 4.69) is 39.4 Å². The monoisotopic (exact) mass is 820 g/mol. The van der Waals surface area contributed by atoms with E-state index in [0.29, 0.717) is 30.7 Å². The van der Waals surface area contributed by atoms with Gasteiger partial charge in [0.2, 0.25) is 0 Å². The second kappa shape index (κ2) is 17.1. The number of hydrogen-bond acceptors (Lipinski definition) is 9. The molecule has 0 spiro atoms. The molecule has 0 saturated carbocycles. The number of fused-ring (bicyclic) bond motifs is 4. The molecule has 3 aliphatic heterocycles. The van der Waals surface area contributed by atoms with Crippen LogP contribution in [0, 0.1) is 3.57 Å². The Hall–Kier alpha value is -4.17. The summed E-state index contributed by atoms with van der Waals surface area (Å²) in [7, 11) is 2.15. The van der Waals surface area contributed by atoms with Gasteiger partial charge in [-0.1, -0.05) is 60.7 Å². The highest BCUT2D eigenvalue weighted by molar-refractivity contribution is 14.1. The topological polar surface area (TPSA) is 118 Å². The number of halogens is 1. The van der Waals surface area contributed by atoms with Crippen LogP contribution in [0.4, 0.5) is 11.4 Å². The van der Waals surface area contributed by atoms with E-state index in [1.807, 2.05) is 91.9 Å². The molecule has 274 valence electrons. The summed E-state index contributed by atoms with van der Waals surface area (Å²) in [6.45, 7) is 4.15. The van der Waals surface area contributed by atoms with Crippen LogP contribution in [-0.4, -0.2) is 71.2 Å². The Balaban J connectivity index is 0.000000198. The van der Waals surface area contributed by atoms with Crippen LogP contribution in [0.3, 0.4) is 0 Å². The van der Waals surface area contributed by atoms with E-state index in [1.165, 1.54) is 12.8 Å². The zero-order valence-corrected chi connectivity index (χ0v) is 31.7. The van der Waals surface area contributed by atoms with Gasteiger partial charge in [0.05, 0.1) is 14.9 Å². The minimum absolute atomic E-state index is 0.0467. The highest BCUT2D eigenvalue weighted by atomic mass is 127. The van der Waals surface area contributed by atoms with Crippen molar-refractivity contribution in [3.63, 3.8) is 0 Å². The summed E-state index contributed by atoms with van der Waals surface area (Å²) in [6.07, 6.45) is 2.08. The lowest BCUT2D eigenvalue weighted by atomic mass is 10.0. The quantitative estimate of drug-likeness (QED) is 0.114. The molecule has 0 radical (unpaired) electrons. The fourth-order valence-corrected chi connectivity index (χ4v) is 7.93. The number of piperidine rings is 1. The molecule has 0 aliphatic carbocycles. The van der Waals surface area contributed by atoms with Crippen LogP contribution in [0.2, 0.25) is 0 Å². The SMILES string of the molecule is CCOC(Cc1ccc(OC(C)N2c3ccccc3Oc3ccccc32)c(I)c1)C(=O)O.CN1[C@@H]2CC[C@H]1CC(OC(=O)C(O)c1ccccc1)C2. The van der Waals surface area contributed by atoms with Gasteiger partial charge in [0, 0.05) is 25.1 Å². The fourth-order valence-electron chi connectivity index (χ4n) is 7.22. The van der Waals surface area contributed by atoms with Crippen LogP contribution >= 0.6 is 22.6 Å². The van der Waals surface area contributed by atoms with Crippen LogP contribution in [-0.2, 0) is 25.5 Å². The van der Waals surface area contributed by atoms with Crippen molar-refractivity contribution >= 4 is 45.9 Å². The zero-order chi connectivity index (χ0) is 36.8. The van der Waals surface area contributed by atoms with Crippen molar-refractivity contribution in [1.29, 1.82) is 0 Å². The number of carbonyl (C=O) groups is 2. The minimum atomic E-state index is -1.17. The summed E-state index contributed by atoms with van der Waals surface area (Å²) in [4.78, 5) is 28.0. The van der Waals surface area contributed by atoms with Crippen LogP contribution in [0.25, 0.3) is 0 Å². The van der Waals surface area contributed by atoms with Gasteiger partial charge < -0.3 is 34.1 Å². The molecule has 4 unspecified atom stereocenters. The van der Waals surface area contributed by atoms with Gasteiger partial charge >= 0.3 is 11.9 Å². The third kappa shape index (κ3) is 8.71. The van der Waals surface area contributed by atoms with E-state index in [-0.39, 0.29) is 12.3 Å². The Labute approximate surface area is 318 Å². The zero-order valence-electron chi connectivity index (χ0n) is 29.6. The van der Waals surface area contributed by atoms with Crippen molar-refractivity contribution in [2.75, 3.05) is 18.6 Å². The molecule has 11 heteroatoms. The van der Waals surface area contributed by atoms with E-state index < -0.39 is 24.1 Å².